The van der Waals surface area contributed by atoms with Crippen molar-refractivity contribution in [2.45, 2.75) is 19.3 Å². The van der Waals surface area contributed by atoms with Crippen LogP contribution in [0.15, 0.2) is 5.38 Å². The highest BCUT2D eigenvalue weighted by Crippen LogP contribution is 2.24. The third kappa shape index (κ3) is 2.29. The Kier molecular flexibility index (Phi) is 3.58. The molecule has 1 atom stereocenters. The lowest BCUT2D eigenvalue weighted by atomic mass is 10.0. The molecule has 0 fully saturated rings. The van der Waals surface area contributed by atoms with Crippen molar-refractivity contribution >= 4 is 28.8 Å². The Labute approximate surface area is 84.8 Å². The molecule has 0 aliphatic rings. The average Bonchev–Trinajstić information content (AvgIpc) is 2.54. The van der Waals surface area contributed by atoms with Crippen molar-refractivity contribution in [3.8, 4) is 0 Å². The highest BCUT2D eigenvalue weighted by atomic mass is 32.1. The molecule has 1 amide bonds. The number of rotatable bonds is 5. The lowest BCUT2D eigenvalue weighted by Gasteiger charge is -2.04. The highest BCUT2D eigenvalue weighted by molar-refractivity contribution is 7.13. The minimum atomic E-state index is -0.893. The summed E-state index contributed by atoms with van der Waals surface area (Å²) in [6.45, 7) is 1.78. The van der Waals surface area contributed by atoms with Gasteiger partial charge in [0.1, 0.15) is 0 Å². The Balaban J connectivity index is 2.83. The first-order valence-electron chi connectivity index (χ1n) is 4.07. The van der Waals surface area contributed by atoms with Gasteiger partial charge in [0, 0.05) is 5.38 Å². The number of carbonyl (C=O) groups is 2. The van der Waals surface area contributed by atoms with Crippen LogP contribution in [0.25, 0.3) is 0 Å². The van der Waals surface area contributed by atoms with Crippen molar-refractivity contribution in [1.29, 1.82) is 0 Å². The molecule has 0 aliphatic carbocycles. The number of aliphatic carboxylic acids is 1. The molecular weight excluding hydrogens is 204 g/mol. The summed E-state index contributed by atoms with van der Waals surface area (Å²) in [4.78, 5) is 24.9. The summed E-state index contributed by atoms with van der Waals surface area (Å²) < 4.78 is 0. The molecule has 0 aliphatic heterocycles. The van der Waals surface area contributed by atoms with Crippen molar-refractivity contribution in [3.05, 3.63) is 11.1 Å². The van der Waals surface area contributed by atoms with E-state index in [2.05, 4.69) is 10.3 Å². The molecule has 2 N–H and O–H groups in total. The first-order valence-corrected chi connectivity index (χ1v) is 4.95. The maximum absolute atomic E-state index is 10.8. The second-order valence-electron chi connectivity index (χ2n) is 2.64. The molecule has 0 radical (unpaired) electrons. The lowest BCUT2D eigenvalue weighted by molar-refractivity contribution is -0.138. The second-order valence-corrected chi connectivity index (χ2v) is 3.50. The van der Waals surface area contributed by atoms with Crippen LogP contribution >= 0.6 is 11.3 Å². The van der Waals surface area contributed by atoms with E-state index in [0.717, 1.165) is 0 Å². The standard InChI is InChI=1S/C8H10N2O3S/c1-2-5(7(12)13)6-3-14-8(10-6)9-4-11/h3-5H,2H2,1H3,(H,12,13)(H,9,10,11). The molecule has 0 spiro atoms. The van der Waals surface area contributed by atoms with Crippen molar-refractivity contribution in [2.24, 2.45) is 0 Å². The number of nitrogens with one attached hydrogen (secondary N) is 1. The van der Waals surface area contributed by atoms with E-state index in [1.54, 1.807) is 12.3 Å². The first kappa shape index (κ1) is 10.6. The smallest absolute Gasteiger partial charge is 0.312 e. The summed E-state index contributed by atoms with van der Waals surface area (Å²) in [6.07, 6.45) is 1.00. The van der Waals surface area contributed by atoms with Crippen LogP contribution in [0, 0.1) is 0 Å². The van der Waals surface area contributed by atoms with Crippen LogP contribution in [0.4, 0.5) is 5.13 Å². The molecule has 1 aromatic heterocycles. The van der Waals surface area contributed by atoms with Gasteiger partial charge >= 0.3 is 5.97 Å². The second kappa shape index (κ2) is 4.71. The Morgan fingerprint density at radius 3 is 3.07 bits per heavy atom. The minimum Gasteiger partial charge on any atom is -0.481 e. The number of anilines is 1. The number of aromatic nitrogens is 1. The Morgan fingerprint density at radius 2 is 2.57 bits per heavy atom. The lowest BCUT2D eigenvalue weighted by Crippen LogP contribution is -2.10. The van der Waals surface area contributed by atoms with Crippen molar-refractivity contribution < 1.29 is 14.7 Å². The van der Waals surface area contributed by atoms with Crippen LogP contribution in [0.3, 0.4) is 0 Å². The van der Waals surface area contributed by atoms with Gasteiger partial charge in [-0.2, -0.15) is 0 Å². The number of carboxylic acids is 1. The maximum Gasteiger partial charge on any atom is 0.312 e. The van der Waals surface area contributed by atoms with E-state index in [0.29, 0.717) is 23.7 Å². The van der Waals surface area contributed by atoms with E-state index in [4.69, 9.17) is 5.11 Å². The molecule has 1 unspecified atom stereocenters. The fourth-order valence-corrected chi connectivity index (χ4v) is 1.80. The third-order valence-corrected chi connectivity index (χ3v) is 2.56. The van der Waals surface area contributed by atoms with Gasteiger partial charge in [-0.3, -0.25) is 9.59 Å². The minimum absolute atomic E-state index is 0.426. The van der Waals surface area contributed by atoms with Gasteiger partial charge in [-0.05, 0) is 6.42 Å². The molecule has 76 valence electrons. The fraction of sp³-hybridized carbons (Fsp3) is 0.375. The normalized spacial score (nSPS) is 12.1. The number of hydrogen-bond acceptors (Lipinski definition) is 4. The molecule has 5 nitrogen and oxygen atoms in total. The molecule has 6 heteroatoms. The van der Waals surface area contributed by atoms with Gasteiger partial charge < -0.3 is 10.4 Å². The Hall–Kier alpha value is -1.43. The van der Waals surface area contributed by atoms with Gasteiger partial charge in [0.25, 0.3) is 0 Å². The van der Waals surface area contributed by atoms with Gasteiger partial charge in [0.15, 0.2) is 5.13 Å². The molecule has 1 heterocycles. The summed E-state index contributed by atoms with van der Waals surface area (Å²) in [6, 6.07) is 0. The van der Waals surface area contributed by atoms with E-state index < -0.39 is 11.9 Å². The molecule has 0 aromatic carbocycles. The van der Waals surface area contributed by atoms with Gasteiger partial charge in [-0.1, -0.05) is 6.92 Å². The van der Waals surface area contributed by atoms with Crippen LogP contribution in [0.2, 0.25) is 0 Å². The van der Waals surface area contributed by atoms with Crippen LogP contribution in [0.5, 0.6) is 0 Å². The van der Waals surface area contributed by atoms with Crippen molar-refractivity contribution in [2.75, 3.05) is 5.32 Å². The van der Waals surface area contributed by atoms with Crippen LogP contribution in [-0.4, -0.2) is 22.5 Å². The quantitative estimate of drug-likeness (QED) is 0.724. The van der Waals surface area contributed by atoms with Gasteiger partial charge in [-0.25, -0.2) is 4.98 Å². The maximum atomic E-state index is 10.8. The zero-order valence-electron chi connectivity index (χ0n) is 7.56. The number of carboxylic acid groups (broad SMARTS) is 1. The molecule has 14 heavy (non-hydrogen) atoms. The Morgan fingerprint density at radius 1 is 1.86 bits per heavy atom. The monoisotopic (exact) mass is 214 g/mol. The molecule has 1 rings (SSSR count). The molecule has 0 bridgehead atoms. The predicted octanol–water partition coefficient (Wildman–Crippen LogP) is 1.29. The zero-order chi connectivity index (χ0) is 10.6. The fourth-order valence-electron chi connectivity index (χ4n) is 1.07. The predicted molar refractivity (Wildman–Crippen MR) is 52.5 cm³/mol. The van der Waals surface area contributed by atoms with Crippen molar-refractivity contribution in [3.63, 3.8) is 0 Å². The summed E-state index contributed by atoms with van der Waals surface area (Å²) >= 11 is 1.22. The molecule has 0 saturated heterocycles. The van der Waals surface area contributed by atoms with Crippen molar-refractivity contribution in [1.82, 2.24) is 4.98 Å². The average molecular weight is 214 g/mol. The van der Waals surface area contributed by atoms with Crippen LogP contribution in [0.1, 0.15) is 25.0 Å². The van der Waals surface area contributed by atoms with E-state index in [1.807, 2.05) is 0 Å². The topological polar surface area (TPSA) is 79.3 Å². The number of amides is 1. The van der Waals surface area contributed by atoms with E-state index in [9.17, 15) is 9.59 Å². The van der Waals surface area contributed by atoms with E-state index >= 15 is 0 Å². The summed E-state index contributed by atoms with van der Waals surface area (Å²) in [5, 5.41) is 13.3. The number of nitrogens with zero attached hydrogens (tertiary/aromatic N) is 1. The largest absolute Gasteiger partial charge is 0.481 e. The first-order chi connectivity index (χ1) is 6.69. The van der Waals surface area contributed by atoms with E-state index in [-0.39, 0.29) is 0 Å². The molecule has 0 saturated carbocycles. The highest BCUT2D eigenvalue weighted by Gasteiger charge is 2.20. The van der Waals surface area contributed by atoms with E-state index in [1.165, 1.54) is 11.3 Å². The van der Waals surface area contributed by atoms with Gasteiger partial charge in [0.2, 0.25) is 6.41 Å². The number of hydrogen-bond donors (Lipinski definition) is 2. The molecule has 1 aromatic rings. The summed E-state index contributed by atoms with van der Waals surface area (Å²) in [5.74, 6) is -1.48. The van der Waals surface area contributed by atoms with Crippen LogP contribution < -0.4 is 5.32 Å². The third-order valence-electron chi connectivity index (χ3n) is 1.77. The SMILES string of the molecule is CCC(C(=O)O)c1csc(NC=O)n1. The Bertz CT molecular complexity index is 337. The number of thiazole rings is 1. The summed E-state index contributed by atoms with van der Waals surface area (Å²) in [5.41, 5.74) is 0.495. The van der Waals surface area contributed by atoms with Crippen LogP contribution in [-0.2, 0) is 9.59 Å². The summed E-state index contributed by atoms with van der Waals surface area (Å²) in [7, 11) is 0. The number of carbonyl (C=O) groups excluding carboxylic acids is 1. The zero-order valence-corrected chi connectivity index (χ0v) is 8.37. The van der Waals surface area contributed by atoms with Gasteiger partial charge in [-0.15, -0.1) is 11.3 Å². The molecular formula is C8H10N2O3S. The van der Waals surface area contributed by atoms with Gasteiger partial charge in [0.05, 0.1) is 11.6 Å².